The zero-order chi connectivity index (χ0) is 17.4. The predicted octanol–water partition coefficient (Wildman–Crippen LogP) is 3.19. The number of aliphatic hydroxyl groups is 1. The number of amides is 1. The lowest BCUT2D eigenvalue weighted by molar-refractivity contribution is -0.148. The van der Waals surface area contributed by atoms with Gasteiger partial charge in [-0.2, -0.15) is 0 Å². The maximum absolute atomic E-state index is 12.0. The van der Waals surface area contributed by atoms with Gasteiger partial charge in [0, 0.05) is 29.3 Å². The summed E-state index contributed by atoms with van der Waals surface area (Å²) in [6.45, 7) is 3.55. The van der Waals surface area contributed by atoms with Gasteiger partial charge in [0.05, 0.1) is 12.2 Å². The molecule has 1 fully saturated rings. The van der Waals surface area contributed by atoms with Gasteiger partial charge in [-0.1, -0.05) is 30.3 Å². The van der Waals surface area contributed by atoms with E-state index >= 15 is 0 Å². The number of rotatable bonds is 2. The number of ether oxygens (including phenoxy) is 1. The number of nitrogens with zero attached hydrogens (tertiary/aromatic N) is 1. The van der Waals surface area contributed by atoms with Crippen LogP contribution in [-0.2, 0) is 21.6 Å². The molecule has 3 heterocycles. The predicted molar refractivity (Wildman–Crippen MR) is 98.6 cm³/mol. The SMILES string of the molecule is CC(O)C(=O)N1CCC2(CC1)OCCc1sc(-c3ccccc3)cc12. The molecule has 132 valence electrons. The van der Waals surface area contributed by atoms with Gasteiger partial charge in [-0.3, -0.25) is 4.79 Å². The second-order valence-corrected chi connectivity index (χ2v) is 8.04. The molecule has 4 nitrogen and oxygen atoms in total. The van der Waals surface area contributed by atoms with Crippen molar-refractivity contribution in [1.82, 2.24) is 4.90 Å². The van der Waals surface area contributed by atoms with E-state index in [4.69, 9.17) is 4.74 Å². The summed E-state index contributed by atoms with van der Waals surface area (Å²) in [6.07, 6.45) is 1.63. The fourth-order valence-electron chi connectivity index (χ4n) is 3.93. The number of piperidine rings is 1. The van der Waals surface area contributed by atoms with Crippen LogP contribution in [0.15, 0.2) is 36.4 Å². The van der Waals surface area contributed by atoms with Gasteiger partial charge in [0.1, 0.15) is 6.10 Å². The first-order valence-corrected chi connectivity index (χ1v) is 9.70. The van der Waals surface area contributed by atoms with Crippen LogP contribution in [0.2, 0.25) is 0 Å². The Morgan fingerprint density at radius 3 is 2.68 bits per heavy atom. The molecular formula is C20H23NO3S. The van der Waals surface area contributed by atoms with E-state index in [1.165, 1.54) is 27.8 Å². The lowest BCUT2D eigenvalue weighted by Gasteiger charge is -2.44. The summed E-state index contributed by atoms with van der Waals surface area (Å²) in [5, 5.41) is 9.54. The van der Waals surface area contributed by atoms with Crippen LogP contribution >= 0.6 is 11.3 Å². The van der Waals surface area contributed by atoms with Crippen molar-refractivity contribution in [2.75, 3.05) is 19.7 Å². The van der Waals surface area contributed by atoms with Crippen molar-refractivity contribution in [3.05, 3.63) is 46.8 Å². The smallest absolute Gasteiger partial charge is 0.251 e. The van der Waals surface area contributed by atoms with Crippen molar-refractivity contribution >= 4 is 17.2 Å². The lowest BCUT2D eigenvalue weighted by Crippen LogP contribution is -2.50. The largest absolute Gasteiger partial charge is 0.384 e. The molecule has 0 saturated carbocycles. The summed E-state index contributed by atoms with van der Waals surface area (Å²) in [5.74, 6) is -0.179. The molecule has 25 heavy (non-hydrogen) atoms. The molecule has 1 aromatic heterocycles. The number of aliphatic hydroxyl groups excluding tert-OH is 1. The van der Waals surface area contributed by atoms with Gasteiger partial charge in [-0.05, 0) is 37.0 Å². The van der Waals surface area contributed by atoms with Crippen LogP contribution in [0.1, 0.15) is 30.2 Å². The minimum atomic E-state index is -0.928. The van der Waals surface area contributed by atoms with E-state index in [2.05, 4.69) is 30.3 Å². The number of likely N-dealkylation sites (tertiary alicyclic amines) is 1. The summed E-state index contributed by atoms with van der Waals surface area (Å²) < 4.78 is 6.28. The van der Waals surface area contributed by atoms with Crippen LogP contribution in [0.25, 0.3) is 10.4 Å². The van der Waals surface area contributed by atoms with Crippen molar-refractivity contribution in [3.8, 4) is 10.4 Å². The zero-order valence-corrected chi connectivity index (χ0v) is 15.2. The third-order valence-corrected chi connectivity index (χ3v) is 6.55. The molecule has 1 N–H and O–H groups in total. The van der Waals surface area contributed by atoms with Crippen molar-refractivity contribution in [3.63, 3.8) is 0 Å². The third kappa shape index (κ3) is 3.01. The van der Waals surface area contributed by atoms with Gasteiger partial charge < -0.3 is 14.7 Å². The van der Waals surface area contributed by atoms with Gasteiger partial charge in [0.25, 0.3) is 5.91 Å². The Hall–Kier alpha value is -1.69. The van der Waals surface area contributed by atoms with Crippen LogP contribution < -0.4 is 0 Å². The summed E-state index contributed by atoms with van der Waals surface area (Å²) in [5.41, 5.74) is 2.29. The van der Waals surface area contributed by atoms with Crippen LogP contribution in [0.5, 0.6) is 0 Å². The molecule has 1 aromatic carbocycles. The molecule has 5 heteroatoms. The van der Waals surface area contributed by atoms with Gasteiger partial charge in [0.2, 0.25) is 0 Å². The van der Waals surface area contributed by atoms with Gasteiger partial charge in [0.15, 0.2) is 0 Å². The zero-order valence-electron chi connectivity index (χ0n) is 14.4. The van der Waals surface area contributed by atoms with Crippen LogP contribution in [0.3, 0.4) is 0 Å². The fourth-order valence-corrected chi connectivity index (χ4v) is 5.16. The highest BCUT2D eigenvalue weighted by Gasteiger charge is 2.43. The molecule has 2 aliphatic rings. The molecule has 4 rings (SSSR count). The monoisotopic (exact) mass is 357 g/mol. The maximum atomic E-state index is 12.0. The normalized spacial score (nSPS) is 20.3. The molecule has 0 aliphatic carbocycles. The van der Waals surface area contributed by atoms with Gasteiger partial charge >= 0.3 is 0 Å². The molecule has 0 radical (unpaired) electrons. The van der Waals surface area contributed by atoms with E-state index in [0.29, 0.717) is 13.1 Å². The van der Waals surface area contributed by atoms with Crippen molar-refractivity contribution in [2.45, 2.75) is 37.9 Å². The molecule has 1 saturated heterocycles. The number of carbonyl (C=O) groups is 1. The highest BCUT2D eigenvalue weighted by molar-refractivity contribution is 7.15. The maximum Gasteiger partial charge on any atom is 0.251 e. The Kier molecular flexibility index (Phi) is 4.40. The molecule has 2 aromatic rings. The molecule has 1 atom stereocenters. The van der Waals surface area contributed by atoms with Gasteiger partial charge in [-0.15, -0.1) is 11.3 Å². The minimum absolute atomic E-state index is 0.179. The fraction of sp³-hybridized carbons (Fsp3) is 0.450. The quantitative estimate of drug-likeness (QED) is 0.898. The van der Waals surface area contributed by atoms with Crippen molar-refractivity contribution < 1.29 is 14.6 Å². The summed E-state index contributed by atoms with van der Waals surface area (Å²) in [7, 11) is 0. The van der Waals surface area contributed by atoms with E-state index in [1.54, 1.807) is 4.90 Å². The average molecular weight is 357 g/mol. The van der Waals surface area contributed by atoms with Crippen LogP contribution in [0, 0.1) is 0 Å². The molecule has 1 amide bonds. The Morgan fingerprint density at radius 1 is 1.28 bits per heavy atom. The second-order valence-electron chi connectivity index (χ2n) is 6.91. The first-order valence-electron chi connectivity index (χ1n) is 8.88. The van der Waals surface area contributed by atoms with E-state index in [0.717, 1.165) is 25.9 Å². The van der Waals surface area contributed by atoms with Gasteiger partial charge in [-0.25, -0.2) is 0 Å². The molecule has 1 spiro atoms. The summed E-state index contributed by atoms with van der Waals surface area (Å²) in [4.78, 5) is 16.5. The van der Waals surface area contributed by atoms with Crippen molar-refractivity contribution in [2.24, 2.45) is 0 Å². The van der Waals surface area contributed by atoms with E-state index in [1.807, 2.05) is 17.4 Å². The molecular weight excluding hydrogens is 334 g/mol. The standard InChI is InChI=1S/C20H23NO3S/c1-14(22)19(23)21-10-8-20(9-11-21)16-13-18(15-5-3-2-4-6-15)25-17(16)7-12-24-20/h2-6,13-14,22H,7-12H2,1H3. The topological polar surface area (TPSA) is 49.8 Å². The number of hydrogen-bond donors (Lipinski definition) is 1. The highest BCUT2D eigenvalue weighted by Crippen LogP contribution is 2.46. The Labute approximate surface area is 152 Å². The van der Waals surface area contributed by atoms with E-state index in [9.17, 15) is 9.90 Å². The highest BCUT2D eigenvalue weighted by atomic mass is 32.1. The summed E-state index contributed by atoms with van der Waals surface area (Å²) in [6, 6.07) is 12.8. The first-order chi connectivity index (χ1) is 12.1. The number of fused-ring (bicyclic) bond motifs is 2. The molecule has 1 unspecified atom stereocenters. The molecule has 0 bridgehead atoms. The van der Waals surface area contributed by atoms with Crippen molar-refractivity contribution in [1.29, 1.82) is 0 Å². The molecule has 2 aliphatic heterocycles. The average Bonchev–Trinajstić information content (AvgIpc) is 3.09. The van der Waals surface area contributed by atoms with E-state index < -0.39 is 6.10 Å². The number of hydrogen-bond acceptors (Lipinski definition) is 4. The Balaban J connectivity index is 1.60. The first kappa shape index (κ1) is 16.8. The van der Waals surface area contributed by atoms with Crippen LogP contribution in [-0.4, -0.2) is 41.7 Å². The van der Waals surface area contributed by atoms with Crippen LogP contribution in [0.4, 0.5) is 0 Å². The Bertz CT molecular complexity index is 761. The Morgan fingerprint density at radius 2 is 2.00 bits per heavy atom. The minimum Gasteiger partial charge on any atom is -0.384 e. The third-order valence-electron chi connectivity index (χ3n) is 5.31. The summed E-state index contributed by atoms with van der Waals surface area (Å²) >= 11 is 1.87. The number of carbonyl (C=O) groups excluding carboxylic acids is 1. The number of thiophene rings is 1. The van der Waals surface area contributed by atoms with E-state index in [-0.39, 0.29) is 11.5 Å². The number of benzene rings is 1. The second kappa shape index (κ2) is 6.56. The lowest BCUT2D eigenvalue weighted by atomic mass is 9.82.